The van der Waals surface area contributed by atoms with Gasteiger partial charge in [-0.05, 0) is 51.4 Å². The molecule has 1 aromatic rings. The Morgan fingerprint density at radius 3 is 2.62 bits per heavy atom. The van der Waals surface area contributed by atoms with Crippen LogP contribution in [0.2, 0.25) is 0 Å². The predicted molar refractivity (Wildman–Crippen MR) is 102 cm³/mol. The summed E-state index contributed by atoms with van der Waals surface area (Å²) in [6, 6.07) is 8.54. The van der Waals surface area contributed by atoms with Crippen LogP contribution in [0.15, 0.2) is 24.3 Å². The molecule has 6 nitrogen and oxygen atoms in total. The van der Waals surface area contributed by atoms with Gasteiger partial charge in [0.05, 0.1) is 19.1 Å². The second-order valence-corrected chi connectivity index (χ2v) is 6.97. The number of carbonyl (C=O) groups excluding carboxylic acids is 2. The molecular formula is C20H31N3O3. The topological polar surface area (TPSA) is 61.9 Å². The van der Waals surface area contributed by atoms with Crippen molar-refractivity contribution in [3.8, 4) is 0 Å². The van der Waals surface area contributed by atoms with Crippen molar-refractivity contribution in [1.29, 1.82) is 0 Å². The van der Waals surface area contributed by atoms with Crippen LogP contribution in [0.25, 0.3) is 0 Å². The van der Waals surface area contributed by atoms with E-state index in [0.717, 1.165) is 32.4 Å². The molecule has 2 rings (SSSR count). The average molecular weight is 361 g/mol. The maximum absolute atomic E-state index is 12.6. The molecule has 1 unspecified atom stereocenters. The van der Waals surface area contributed by atoms with Crippen molar-refractivity contribution in [2.75, 3.05) is 33.8 Å². The molecular weight excluding hydrogens is 330 g/mol. The third-order valence-electron chi connectivity index (χ3n) is 4.54. The standard InChI is InChI=1S/C20H31N3O3/c1-4-26-19(24)12-13-21-20(25)23-14-6-5-7-18(23)17-10-8-16(9-11-17)15-22(2)3/h8-11,18H,4-7,12-15H2,1-3H3,(H,21,25). The number of hydrogen-bond acceptors (Lipinski definition) is 4. The Kier molecular flexibility index (Phi) is 7.91. The van der Waals surface area contributed by atoms with E-state index >= 15 is 0 Å². The molecule has 26 heavy (non-hydrogen) atoms. The first-order valence-electron chi connectivity index (χ1n) is 9.45. The molecule has 1 N–H and O–H groups in total. The minimum absolute atomic E-state index is 0.0970. The zero-order chi connectivity index (χ0) is 18.9. The molecule has 1 atom stereocenters. The minimum atomic E-state index is -0.278. The van der Waals surface area contributed by atoms with Crippen LogP contribution in [0.1, 0.15) is 49.8 Å². The van der Waals surface area contributed by atoms with E-state index < -0.39 is 0 Å². The molecule has 1 aromatic carbocycles. The number of hydrogen-bond donors (Lipinski definition) is 1. The molecule has 0 aromatic heterocycles. The summed E-state index contributed by atoms with van der Waals surface area (Å²) < 4.78 is 4.89. The number of nitrogens with one attached hydrogen (secondary N) is 1. The summed E-state index contributed by atoms with van der Waals surface area (Å²) in [5.41, 5.74) is 2.44. The third-order valence-corrected chi connectivity index (χ3v) is 4.54. The van der Waals surface area contributed by atoms with Crippen molar-refractivity contribution >= 4 is 12.0 Å². The fraction of sp³-hybridized carbons (Fsp3) is 0.600. The SMILES string of the molecule is CCOC(=O)CCNC(=O)N1CCCCC1c1ccc(CN(C)C)cc1. The van der Waals surface area contributed by atoms with Gasteiger partial charge >= 0.3 is 12.0 Å². The zero-order valence-corrected chi connectivity index (χ0v) is 16.2. The van der Waals surface area contributed by atoms with Crippen molar-refractivity contribution in [1.82, 2.24) is 15.1 Å². The van der Waals surface area contributed by atoms with E-state index in [-0.39, 0.29) is 24.5 Å². The number of nitrogens with zero attached hydrogens (tertiary/aromatic N) is 2. The van der Waals surface area contributed by atoms with Crippen LogP contribution in [0.4, 0.5) is 4.79 Å². The maximum atomic E-state index is 12.6. The number of piperidine rings is 1. The summed E-state index contributed by atoms with van der Waals surface area (Å²) in [5, 5.41) is 2.86. The summed E-state index contributed by atoms with van der Waals surface area (Å²) in [5.74, 6) is -0.278. The Bertz CT molecular complexity index is 586. The highest BCUT2D eigenvalue weighted by molar-refractivity contribution is 5.76. The molecule has 6 heteroatoms. The monoisotopic (exact) mass is 361 g/mol. The van der Waals surface area contributed by atoms with Crippen molar-refractivity contribution in [2.24, 2.45) is 0 Å². The highest BCUT2D eigenvalue weighted by atomic mass is 16.5. The van der Waals surface area contributed by atoms with E-state index in [4.69, 9.17) is 4.74 Å². The predicted octanol–water partition coefficient (Wildman–Crippen LogP) is 2.94. The zero-order valence-electron chi connectivity index (χ0n) is 16.2. The van der Waals surface area contributed by atoms with Gasteiger partial charge in [-0.1, -0.05) is 24.3 Å². The van der Waals surface area contributed by atoms with E-state index in [2.05, 4.69) is 48.6 Å². The lowest BCUT2D eigenvalue weighted by molar-refractivity contribution is -0.142. The molecule has 144 valence electrons. The van der Waals surface area contributed by atoms with Crippen LogP contribution in [-0.4, -0.2) is 55.6 Å². The largest absolute Gasteiger partial charge is 0.466 e. The Morgan fingerprint density at radius 1 is 1.23 bits per heavy atom. The lowest BCUT2D eigenvalue weighted by atomic mass is 9.95. The first-order valence-corrected chi connectivity index (χ1v) is 9.45. The molecule has 1 aliphatic heterocycles. The van der Waals surface area contributed by atoms with Crippen molar-refractivity contribution in [2.45, 2.75) is 45.2 Å². The number of rotatable bonds is 7. The van der Waals surface area contributed by atoms with E-state index in [1.165, 1.54) is 11.1 Å². The number of carbonyl (C=O) groups is 2. The number of esters is 1. The van der Waals surface area contributed by atoms with E-state index in [1.54, 1.807) is 6.92 Å². The number of benzene rings is 1. The highest BCUT2D eigenvalue weighted by Crippen LogP contribution is 2.31. The van der Waals surface area contributed by atoms with Gasteiger partial charge in [-0.3, -0.25) is 4.79 Å². The number of urea groups is 1. The van der Waals surface area contributed by atoms with Crippen molar-refractivity contribution < 1.29 is 14.3 Å². The van der Waals surface area contributed by atoms with Crippen molar-refractivity contribution in [3.05, 3.63) is 35.4 Å². The summed E-state index contributed by atoms with van der Waals surface area (Å²) in [6.07, 6.45) is 3.31. The Morgan fingerprint density at radius 2 is 1.96 bits per heavy atom. The van der Waals surface area contributed by atoms with Crippen LogP contribution in [0.5, 0.6) is 0 Å². The molecule has 0 radical (unpaired) electrons. The third kappa shape index (κ3) is 6.02. The fourth-order valence-corrected chi connectivity index (χ4v) is 3.34. The van der Waals surface area contributed by atoms with Crippen LogP contribution in [0.3, 0.4) is 0 Å². The molecule has 0 bridgehead atoms. The van der Waals surface area contributed by atoms with E-state index in [9.17, 15) is 9.59 Å². The lowest BCUT2D eigenvalue weighted by Gasteiger charge is -2.36. The minimum Gasteiger partial charge on any atom is -0.466 e. The second-order valence-electron chi connectivity index (χ2n) is 6.97. The first kappa shape index (κ1) is 20.2. The number of likely N-dealkylation sites (tertiary alicyclic amines) is 1. The number of amides is 2. The molecule has 0 saturated carbocycles. The number of ether oxygens (including phenoxy) is 1. The quantitative estimate of drug-likeness (QED) is 0.759. The Labute approximate surface area is 156 Å². The smallest absolute Gasteiger partial charge is 0.317 e. The van der Waals surface area contributed by atoms with Crippen molar-refractivity contribution in [3.63, 3.8) is 0 Å². The summed E-state index contributed by atoms with van der Waals surface area (Å²) in [6.45, 7) is 4.10. The second kappa shape index (κ2) is 10.2. The fourth-order valence-electron chi connectivity index (χ4n) is 3.34. The maximum Gasteiger partial charge on any atom is 0.317 e. The summed E-state index contributed by atoms with van der Waals surface area (Å²) in [7, 11) is 4.11. The van der Waals surface area contributed by atoms with E-state index in [0.29, 0.717) is 13.2 Å². The van der Waals surface area contributed by atoms with Gasteiger partial charge < -0.3 is 19.9 Å². The van der Waals surface area contributed by atoms with Gasteiger partial charge in [0, 0.05) is 19.6 Å². The summed E-state index contributed by atoms with van der Waals surface area (Å²) >= 11 is 0. The van der Waals surface area contributed by atoms with Gasteiger partial charge in [0.15, 0.2) is 0 Å². The highest BCUT2D eigenvalue weighted by Gasteiger charge is 2.27. The average Bonchev–Trinajstić information content (AvgIpc) is 2.62. The molecule has 1 aliphatic rings. The van der Waals surface area contributed by atoms with Gasteiger partial charge in [-0.25, -0.2) is 4.79 Å². The van der Waals surface area contributed by atoms with Crippen LogP contribution in [-0.2, 0) is 16.1 Å². The van der Waals surface area contributed by atoms with E-state index in [1.807, 2.05) is 4.90 Å². The van der Waals surface area contributed by atoms with Gasteiger partial charge in [0.25, 0.3) is 0 Å². The molecule has 1 heterocycles. The molecule has 0 spiro atoms. The molecule has 0 aliphatic carbocycles. The molecule has 2 amide bonds. The molecule has 1 saturated heterocycles. The van der Waals surface area contributed by atoms with Gasteiger partial charge in [-0.15, -0.1) is 0 Å². The van der Waals surface area contributed by atoms with Gasteiger partial charge in [0.1, 0.15) is 0 Å². The first-order chi connectivity index (χ1) is 12.5. The lowest BCUT2D eigenvalue weighted by Crippen LogP contribution is -2.45. The molecule has 1 fully saturated rings. The van der Waals surface area contributed by atoms with Crippen LogP contribution < -0.4 is 5.32 Å². The van der Waals surface area contributed by atoms with Gasteiger partial charge in [0.2, 0.25) is 0 Å². The Hall–Kier alpha value is -2.08. The normalized spacial score (nSPS) is 17.2. The van der Waals surface area contributed by atoms with Crippen LogP contribution >= 0.6 is 0 Å². The van der Waals surface area contributed by atoms with Crippen LogP contribution in [0, 0.1) is 0 Å². The van der Waals surface area contributed by atoms with Gasteiger partial charge in [-0.2, -0.15) is 0 Å². The summed E-state index contributed by atoms with van der Waals surface area (Å²) in [4.78, 5) is 28.0. The Balaban J connectivity index is 1.95.